The van der Waals surface area contributed by atoms with Gasteiger partial charge in [0.25, 0.3) is 0 Å². The maximum Gasteiger partial charge on any atom is 0.191 e. The zero-order valence-electron chi connectivity index (χ0n) is 16.9. The second-order valence-corrected chi connectivity index (χ2v) is 8.04. The van der Waals surface area contributed by atoms with Crippen molar-refractivity contribution >= 4 is 17.5 Å². The number of ketones is 1. The Morgan fingerprint density at radius 2 is 1.96 bits per heavy atom. The average molecular weight is 404 g/mol. The van der Waals surface area contributed by atoms with Crippen molar-refractivity contribution in [2.24, 2.45) is 0 Å². The molecule has 0 amide bonds. The van der Waals surface area contributed by atoms with Crippen LogP contribution in [0.3, 0.4) is 0 Å². The first-order valence-corrected chi connectivity index (χ1v) is 10.9. The van der Waals surface area contributed by atoms with E-state index >= 15 is 0 Å². The molecule has 0 spiro atoms. The molecule has 1 heterocycles. The molecule has 0 saturated heterocycles. The molecular formula is C21H29N3O3S. The number of benzene rings is 1. The smallest absolute Gasteiger partial charge is 0.191 e. The molecule has 0 bridgehead atoms. The molecule has 0 radical (unpaired) electrons. The predicted molar refractivity (Wildman–Crippen MR) is 111 cm³/mol. The summed E-state index contributed by atoms with van der Waals surface area (Å²) in [6.07, 6.45) is 6.55. The van der Waals surface area contributed by atoms with Crippen molar-refractivity contribution in [2.75, 3.05) is 20.0 Å². The van der Waals surface area contributed by atoms with E-state index in [1.807, 2.05) is 18.2 Å². The molecule has 28 heavy (non-hydrogen) atoms. The molecular weight excluding hydrogens is 374 g/mol. The Balaban J connectivity index is 1.64. The molecule has 1 aliphatic rings. The lowest BCUT2D eigenvalue weighted by Crippen LogP contribution is -2.13. The van der Waals surface area contributed by atoms with Crippen LogP contribution in [0.25, 0.3) is 0 Å². The van der Waals surface area contributed by atoms with Crippen molar-refractivity contribution in [2.45, 2.75) is 63.1 Å². The zero-order chi connectivity index (χ0) is 19.9. The molecule has 152 valence electrons. The number of carbonyl (C=O) groups excluding carboxylic acids is 1. The Labute approximate surface area is 171 Å². The SMILES string of the molecule is CCn1c(SCC(=O)Cc2cc(OC)ccc2OC)nnc1C1CCCCC1. The summed E-state index contributed by atoms with van der Waals surface area (Å²) < 4.78 is 12.8. The van der Waals surface area contributed by atoms with Crippen LogP contribution < -0.4 is 9.47 Å². The van der Waals surface area contributed by atoms with Gasteiger partial charge in [0.15, 0.2) is 5.16 Å². The largest absolute Gasteiger partial charge is 0.497 e. The highest BCUT2D eigenvalue weighted by atomic mass is 32.2. The summed E-state index contributed by atoms with van der Waals surface area (Å²) in [4.78, 5) is 12.6. The van der Waals surface area contributed by atoms with Gasteiger partial charge in [-0.25, -0.2) is 0 Å². The van der Waals surface area contributed by atoms with Crippen LogP contribution in [0.1, 0.15) is 56.3 Å². The normalized spacial score (nSPS) is 14.8. The molecule has 0 aliphatic heterocycles. The van der Waals surface area contributed by atoms with Crippen molar-refractivity contribution in [1.82, 2.24) is 14.8 Å². The highest BCUT2D eigenvalue weighted by Gasteiger charge is 2.23. The lowest BCUT2D eigenvalue weighted by Gasteiger charge is -2.21. The molecule has 1 saturated carbocycles. The van der Waals surface area contributed by atoms with Gasteiger partial charge in [0.05, 0.1) is 20.0 Å². The second-order valence-electron chi connectivity index (χ2n) is 7.10. The van der Waals surface area contributed by atoms with Crippen molar-refractivity contribution in [3.8, 4) is 11.5 Å². The van der Waals surface area contributed by atoms with Gasteiger partial charge in [-0.1, -0.05) is 31.0 Å². The topological polar surface area (TPSA) is 66.2 Å². The molecule has 0 N–H and O–H groups in total. The number of ether oxygens (including phenoxy) is 2. The minimum absolute atomic E-state index is 0.126. The third-order valence-corrected chi connectivity index (χ3v) is 6.30. The summed E-state index contributed by atoms with van der Waals surface area (Å²) in [5.74, 6) is 3.51. The number of hydrogen-bond donors (Lipinski definition) is 0. The summed E-state index contributed by atoms with van der Waals surface area (Å²) in [6.45, 7) is 2.95. The van der Waals surface area contributed by atoms with E-state index in [4.69, 9.17) is 9.47 Å². The maximum absolute atomic E-state index is 12.6. The molecule has 1 fully saturated rings. The van der Waals surface area contributed by atoms with Crippen LogP contribution in [0.5, 0.6) is 11.5 Å². The lowest BCUT2D eigenvalue weighted by atomic mass is 9.89. The highest BCUT2D eigenvalue weighted by Crippen LogP contribution is 2.33. The standard InChI is InChI=1S/C21H29N3O3S/c1-4-24-20(15-8-6-5-7-9-15)22-23-21(24)28-14-17(25)12-16-13-18(26-2)10-11-19(16)27-3/h10-11,13,15H,4-9,12,14H2,1-3H3. The van der Waals surface area contributed by atoms with Gasteiger partial charge in [-0.3, -0.25) is 4.79 Å². The fourth-order valence-electron chi connectivity index (χ4n) is 3.80. The van der Waals surface area contributed by atoms with Gasteiger partial charge in [-0.15, -0.1) is 10.2 Å². The van der Waals surface area contributed by atoms with Crippen LogP contribution in [0, 0.1) is 0 Å². The Morgan fingerprint density at radius 3 is 2.64 bits per heavy atom. The maximum atomic E-state index is 12.6. The number of nitrogens with zero attached hydrogens (tertiary/aromatic N) is 3. The molecule has 7 heteroatoms. The molecule has 3 rings (SSSR count). The Hall–Kier alpha value is -2.02. The highest BCUT2D eigenvalue weighted by molar-refractivity contribution is 7.99. The van der Waals surface area contributed by atoms with E-state index < -0.39 is 0 Å². The van der Waals surface area contributed by atoms with Gasteiger partial charge in [0.1, 0.15) is 23.1 Å². The van der Waals surface area contributed by atoms with Crippen LogP contribution in [0.4, 0.5) is 0 Å². The summed E-state index contributed by atoms with van der Waals surface area (Å²) in [7, 11) is 3.23. The van der Waals surface area contributed by atoms with Crippen LogP contribution in [0.2, 0.25) is 0 Å². The summed E-state index contributed by atoms with van der Waals surface area (Å²) >= 11 is 1.47. The van der Waals surface area contributed by atoms with Crippen molar-refractivity contribution in [1.29, 1.82) is 0 Å². The first-order valence-electron chi connectivity index (χ1n) is 9.94. The first kappa shape index (κ1) is 20.7. The van der Waals surface area contributed by atoms with E-state index in [-0.39, 0.29) is 5.78 Å². The zero-order valence-corrected chi connectivity index (χ0v) is 17.8. The number of methoxy groups -OCH3 is 2. The van der Waals surface area contributed by atoms with Crippen LogP contribution in [-0.4, -0.2) is 40.5 Å². The van der Waals surface area contributed by atoms with Crippen molar-refractivity contribution < 1.29 is 14.3 Å². The summed E-state index contributed by atoms with van der Waals surface area (Å²) in [6, 6.07) is 5.52. The van der Waals surface area contributed by atoms with E-state index in [0.717, 1.165) is 28.8 Å². The number of rotatable bonds is 9. The van der Waals surface area contributed by atoms with E-state index in [0.29, 0.717) is 23.8 Å². The van der Waals surface area contributed by atoms with Crippen molar-refractivity contribution in [3.05, 3.63) is 29.6 Å². The first-order chi connectivity index (χ1) is 13.7. The Kier molecular flexibility index (Phi) is 7.36. The summed E-state index contributed by atoms with van der Waals surface area (Å²) in [5.41, 5.74) is 0.840. The Morgan fingerprint density at radius 1 is 1.18 bits per heavy atom. The van der Waals surface area contributed by atoms with Gasteiger partial charge < -0.3 is 14.0 Å². The molecule has 2 aromatic rings. The van der Waals surface area contributed by atoms with Gasteiger partial charge in [0.2, 0.25) is 0 Å². The predicted octanol–water partition coefficient (Wildman–Crippen LogP) is 4.27. The fraction of sp³-hybridized carbons (Fsp3) is 0.571. The number of thioether (sulfide) groups is 1. The fourth-order valence-corrected chi connectivity index (χ4v) is 4.66. The van der Waals surface area contributed by atoms with Gasteiger partial charge in [0, 0.05) is 24.4 Å². The van der Waals surface area contributed by atoms with E-state index in [1.54, 1.807) is 14.2 Å². The lowest BCUT2D eigenvalue weighted by molar-refractivity contribution is -0.116. The van der Waals surface area contributed by atoms with E-state index in [2.05, 4.69) is 21.7 Å². The van der Waals surface area contributed by atoms with Crippen LogP contribution in [-0.2, 0) is 17.8 Å². The minimum Gasteiger partial charge on any atom is -0.497 e. The third-order valence-electron chi connectivity index (χ3n) is 5.27. The molecule has 0 atom stereocenters. The van der Waals surface area contributed by atoms with Crippen LogP contribution >= 0.6 is 11.8 Å². The quantitative estimate of drug-likeness (QED) is 0.583. The Bertz CT molecular complexity index is 800. The summed E-state index contributed by atoms with van der Waals surface area (Å²) in [5, 5.41) is 9.69. The third kappa shape index (κ3) is 4.87. The molecule has 1 aromatic heterocycles. The number of Topliss-reactive ketones (excluding diaryl/α,β-unsaturated/α-hetero) is 1. The second kappa shape index (κ2) is 9.96. The van der Waals surface area contributed by atoms with E-state index in [1.165, 1.54) is 43.9 Å². The van der Waals surface area contributed by atoms with Gasteiger partial charge in [-0.2, -0.15) is 0 Å². The van der Waals surface area contributed by atoms with Crippen LogP contribution in [0.15, 0.2) is 23.4 Å². The minimum atomic E-state index is 0.126. The number of carbonyl (C=O) groups is 1. The average Bonchev–Trinajstić information content (AvgIpc) is 3.15. The molecule has 1 aromatic carbocycles. The number of hydrogen-bond acceptors (Lipinski definition) is 6. The molecule has 1 aliphatic carbocycles. The molecule has 0 unspecified atom stereocenters. The number of aromatic nitrogens is 3. The van der Waals surface area contributed by atoms with Gasteiger partial charge in [-0.05, 0) is 38.0 Å². The monoisotopic (exact) mass is 403 g/mol. The molecule has 6 nitrogen and oxygen atoms in total. The van der Waals surface area contributed by atoms with Crippen molar-refractivity contribution in [3.63, 3.8) is 0 Å². The van der Waals surface area contributed by atoms with Gasteiger partial charge >= 0.3 is 0 Å². The van der Waals surface area contributed by atoms with E-state index in [9.17, 15) is 4.79 Å².